The predicted octanol–water partition coefficient (Wildman–Crippen LogP) is 1.54. The van der Waals surface area contributed by atoms with Crippen molar-refractivity contribution in [1.29, 1.82) is 0 Å². The lowest BCUT2D eigenvalue weighted by Crippen LogP contribution is -2.11. The molecule has 2 rings (SSSR count). The van der Waals surface area contributed by atoms with Crippen LogP contribution >= 0.6 is 0 Å². The maximum Gasteiger partial charge on any atom is 0.108 e. The van der Waals surface area contributed by atoms with Gasteiger partial charge >= 0.3 is 0 Å². The number of aromatic nitrogens is 3. The quantitative estimate of drug-likeness (QED) is 0.815. The monoisotopic (exact) mass is 216 g/mol. The molecule has 0 radical (unpaired) electrons. The zero-order chi connectivity index (χ0) is 11.4. The topological polar surface area (TPSA) is 53.6 Å². The summed E-state index contributed by atoms with van der Waals surface area (Å²) in [4.78, 5) is 11.9. The van der Waals surface area contributed by atoms with E-state index >= 15 is 0 Å². The van der Waals surface area contributed by atoms with E-state index in [-0.39, 0.29) is 0 Å². The number of likely N-dealkylation sites (N-methyl/N-ethyl adjacent to an activating group) is 1. The summed E-state index contributed by atoms with van der Waals surface area (Å²) < 4.78 is 0. The number of aromatic amines is 1. The normalized spacial score (nSPS) is 10.6. The molecular weight excluding hydrogens is 200 g/mol. The fraction of sp³-hybridized carbons (Fsp3) is 0.333. The number of nitrogens with one attached hydrogen (secondary N) is 2. The van der Waals surface area contributed by atoms with Crippen LogP contribution in [0.3, 0.4) is 0 Å². The first kappa shape index (κ1) is 10.8. The minimum absolute atomic E-state index is 0.919. The van der Waals surface area contributed by atoms with Gasteiger partial charge in [0, 0.05) is 36.6 Å². The Bertz CT molecular complexity index is 447. The fourth-order valence-electron chi connectivity index (χ4n) is 1.68. The van der Waals surface area contributed by atoms with Crippen LogP contribution in [0.25, 0.3) is 11.3 Å². The van der Waals surface area contributed by atoms with Crippen molar-refractivity contribution in [3.05, 3.63) is 36.0 Å². The summed E-state index contributed by atoms with van der Waals surface area (Å²) in [6.45, 7) is 2.98. The fourth-order valence-corrected chi connectivity index (χ4v) is 1.68. The van der Waals surface area contributed by atoms with Gasteiger partial charge in [-0.15, -0.1) is 0 Å². The zero-order valence-corrected chi connectivity index (χ0v) is 9.62. The Labute approximate surface area is 95.1 Å². The van der Waals surface area contributed by atoms with E-state index in [9.17, 15) is 0 Å². The van der Waals surface area contributed by atoms with E-state index in [0.29, 0.717) is 0 Å². The number of nitrogens with zero attached hydrogens (tertiary/aromatic N) is 2. The van der Waals surface area contributed by atoms with Gasteiger partial charge < -0.3 is 10.3 Å². The molecule has 0 saturated heterocycles. The molecule has 4 heteroatoms. The van der Waals surface area contributed by atoms with Crippen molar-refractivity contribution in [3.63, 3.8) is 0 Å². The molecule has 0 aromatic carbocycles. The Morgan fingerprint density at radius 3 is 2.75 bits per heavy atom. The average Bonchev–Trinajstić information content (AvgIpc) is 2.69. The lowest BCUT2D eigenvalue weighted by molar-refractivity contribution is 0.763. The largest absolute Gasteiger partial charge is 0.346 e. The van der Waals surface area contributed by atoms with Crippen LogP contribution in [-0.4, -0.2) is 28.5 Å². The summed E-state index contributed by atoms with van der Waals surface area (Å²) in [5, 5.41) is 3.11. The first-order valence-electron chi connectivity index (χ1n) is 5.41. The number of rotatable bonds is 4. The highest BCUT2D eigenvalue weighted by molar-refractivity contribution is 5.61. The molecule has 2 heterocycles. The van der Waals surface area contributed by atoms with Crippen LogP contribution < -0.4 is 5.32 Å². The van der Waals surface area contributed by atoms with Gasteiger partial charge in [0.1, 0.15) is 5.82 Å². The van der Waals surface area contributed by atoms with E-state index in [2.05, 4.69) is 20.3 Å². The van der Waals surface area contributed by atoms with Crippen LogP contribution in [0.5, 0.6) is 0 Å². The molecule has 2 aromatic rings. The van der Waals surface area contributed by atoms with Gasteiger partial charge in [0.05, 0.1) is 5.69 Å². The summed E-state index contributed by atoms with van der Waals surface area (Å²) in [7, 11) is 1.94. The van der Waals surface area contributed by atoms with Crippen molar-refractivity contribution >= 4 is 0 Å². The first-order chi connectivity index (χ1) is 7.81. The van der Waals surface area contributed by atoms with E-state index in [4.69, 9.17) is 0 Å². The van der Waals surface area contributed by atoms with Crippen molar-refractivity contribution in [2.45, 2.75) is 13.3 Å². The molecule has 4 nitrogen and oxygen atoms in total. The summed E-state index contributed by atoms with van der Waals surface area (Å²) in [5.41, 5.74) is 3.24. The first-order valence-corrected chi connectivity index (χ1v) is 5.41. The van der Waals surface area contributed by atoms with E-state index in [1.54, 1.807) is 12.4 Å². The van der Waals surface area contributed by atoms with Crippen molar-refractivity contribution in [2.24, 2.45) is 0 Å². The second-order valence-electron chi connectivity index (χ2n) is 3.75. The van der Waals surface area contributed by atoms with E-state index in [0.717, 1.165) is 35.7 Å². The van der Waals surface area contributed by atoms with Crippen molar-refractivity contribution in [1.82, 2.24) is 20.3 Å². The van der Waals surface area contributed by atoms with Crippen LogP contribution in [0.1, 0.15) is 11.5 Å². The van der Waals surface area contributed by atoms with Gasteiger partial charge in [0.25, 0.3) is 0 Å². The molecule has 0 amide bonds. The third-order valence-corrected chi connectivity index (χ3v) is 2.50. The molecule has 0 saturated carbocycles. The highest BCUT2D eigenvalue weighted by atomic mass is 14.9. The van der Waals surface area contributed by atoms with E-state index < -0.39 is 0 Å². The molecule has 0 fully saturated rings. The predicted molar refractivity (Wildman–Crippen MR) is 64.2 cm³/mol. The number of pyridine rings is 1. The average molecular weight is 216 g/mol. The maximum atomic E-state index is 4.59. The van der Waals surface area contributed by atoms with Gasteiger partial charge in [-0.2, -0.15) is 0 Å². The molecule has 84 valence electrons. The van der Waals surface area contributed by atoms with Gasteiger partial charge in [0.15, 0.2) is 0 Å². The van der Waals surface area contributed by atoms with Gasteiger partial charge in [-0.3, -0.25) is 4.98 Å². The molecule has 0 spiro atoms. The Hall–Kier alpha value is -1.68. The number of H-pyrrole nitrogens is 1. The Balaban J connectivity index is 2.25. The Morgan fingerprint density at radius 1 is 1.31 bits per heavy atom. The van der Waals surface area contributed by atoms with Crippen molar-refractivity contribution in [3.8, 4) is 11.3 Å². The number of hydrogen-bond donors (Lipinski definition) is 2. The van der Waals surface area contributed by atoms with Gasteiger partial charge in [0.2, 0.25) is 0 Å². The molecule has 0 aliphatic carbocycles. The number of hydrogen-bond acceptors (Lipinski definition) is 3. The van der Waals surface area contributed by atoms with Gasteiger partial charge in [-0.1, -0.05) is 0 Å². The smallest absolute Gasteiger partial charge is 0.108 e. The summed E-state index contributed by atoms with van der Waals surface area (Å²) in [6, 6.07) is 3.95. The number of imidazole rings is 1. The van der Waals surface area contributed by atoms with Crippen LogP contribution in [0.2, 0.25) is 0 Å². The Kier molecular flexibility index (Phi) is 3.31. The summed E-state index contributed by atoms with van der Waals surface area (Å²) in [6.07, 6.45) is 4.50. The van der Waals surface area contributed by atoms with E-state index in [1.807, 2.05) is 26.1 Å². The molecule has 2 N–H and O–H groups in total. The number of aryl methyl sites for hydroxylation is 1. The summed E-state index contributed by atoms with van der Waals surface area (Å²) in [5.74, 6) is 1.03. The Morgan fingerprint density at radius 2 is 2.06 bits per heavy atom. The lowest BCUT2D eigenvalue weighted by atomic mass is 10.2. The van der Waals surface area contributed by atoms with Crippen LogP contribution in [0.15, 0.2) is 24.5 Å². The highest BCUT2D eigenvalue weighted by Crippen LogP contribution is 2.19. The van der Waals surface area contributed by atoms with E-state index in [1.165, 1.54) is 0 Å². The third kappa shape index (κ3) is 2.28. The molecule has 0 bridgehead atoms. The molecule has 16 heavy (non-hydrogen) atoms. The van der Waals surface area contributed by atoms with Crippen LogP contribution in [0.4, 0.5) is 0 Å². The standard InChI is InChI=1S/C12H16N4/c1-9-12(10-3-7-14-8-4-10)16-11(15-9)5-6-13-2/h3-4,7-8,13H,5-6H2,1-2H3,(H,15,16). The molecular formula is C12H16N4. The van der Waals surface area contributed by atoms with Crippen LogP contribution in [0, 0.1) is 6.92 Å². The second-order valence-corrected chi connectivity index (χ2v) is 3.75. The highest BCUT2D eigenvalue weighted by Gasteiger charge is 2.07. The zero-order valence-electron chi connectivity index (χ0n) is 9.62. The lowest BCUT2D eigenvalue weighted by Gasteiger charge is -1.96. The third-order valence-electron chi connectivity index (χ3n) is 2.50. The molecule has 0 atom stereocenters. The van der Waals surface area contributed by atoms with Crippen molar-refractivity contribution < 1.29 is 0 Å². The van der Waals surface area contributed by atoms with Crippen molar-refractivity contribution in [2.75, 3.05) is 13.6 Å². The minimum Gasteiger partial charge on any atom is -0.346 e. The molecule has 0 unspecified atom stereocenters. The maximum absolute atomic E-state index is 4.59. The minimum atomic E-state index is 0.919. The van der Waals surface area contributed by atoms with Crippen LogP contribution in [-0.2, 0) is 6.42 Å². The van der Waals surface area contributed by atoms with Gasteiger partial charge in [-0.05, 0) is 26.1 Å². The second kappa shape index (κ2) is 4.90. The SMILES string of the molecule is CNCCc1nc(-c2ccncc2)c(C)[nH]1. The van der Waals surface area contributed by atoms with Gasteiger partial charge in [-0.25, -0.2) is 4.98 Å². The molecule has 0 aliphatic rings. The summed E-state index contributed by atoms with van der Waals surface area (Å²) >= 11 is 0. The molecule has 2 aromatic heterocycles. The molecule has 0 aliphatic heterocycles.